The van der Waals surface area contributed by atoms with Gasteiger partial charge in [-0.05, 0) is 12.0 Å². The summed E-state index contributed by atoms with van der Waals surface area (Å²) in [6, 6.07) is 8.94. The van der Waals surface area contributed by atoms with Crippen molar-refractivity contribution in [3.05, 3.63) is 30.0 Å². The third-order valence-corrected chi connectivity index (χ3v) is 4.29. The standard InChI is InChI=1S/C14H20IN3/c1-10(2)12(8-15)16-9-13-11-6-4-5-7-14(11)18(3)17-13/h4-7,10,12,16H,8-9H2,1-3H3. The Labute approximate surface area is 122 Å². The molecule has 0 saturated carbocycles. The Kier molecular flexibility index (Phi) is 4.61. The molecule has 1 aromatic carbocycles. The highest BCUT2D eigenvalue weighted by molar-refractivity contribution is 14.1. The van der Waals surface area contributed by atoms with Gasteiger partial charge in [-0.3, -0.25) is 4.68 Å². The van der Waals surface area contributed by atoms with Crippen molar-refractivity contribution in [2.45, 2.75) is 26.4 Å². The molecule has 0 bridgehead atoms. The molecule has 4 heteroatoms. The van der Waals surface area contributed by atoms with Gasteiger partial charge in [0.25, 0.3) is 0 Å². The van der Waals surface area contributed by atoms with Crippen molar-refractivity contribution in [2.24, 2.45) is 13.0 Å². The molecule has 3 nitrogen and oxygen atoms in total. The number of fused-ring (bicyclic) bond motifs is 1. The molecule has 98 valence electrons. The number of hydrogen-bond acceptors (Lipinski definition) is 2. The lowest BCUT2D eigenvalue weighted by Gasteiger charge is -2.19. The minimum Gasteiger partial charge on any atom is -0.307 e. The molecule has 18 heavy (non-hydrogen) atoms. The van der Waals surface area contributed by atoms with Crippen LogP contribution in [0.15, 0.2) is 24.3 Å². The summed E-state index contributed by atoms with van der Waals surface area (Å²) in [5, 5.41) is 9.47. The number of rotatable bonds is 5. The summed E-state index contributed by atoms with van der Waals surface area (Å²) in [6.45, 7) is 5.35. The van der Waals surface area contributed by atoms with E-state index in [1.165, 1.54) is 10.9 Å². The summed E-state index contributed by atoms with van der Waals surface area (Å²) in [5.74, 6) is 0.650. The average molecular weight is 357 g/mol. The van der Waals surface area contributed by atoms with Crippen LogP contribution in [-0.4, -0.2) is 20.2 Å². The molecule has 0 spiro atoms. The molecule has 0 amide bonds. The largest absolute Gasteiger partial charge is 0.307 e. The zero-order chi connectivity index (χ0) is 13.1. The van der Waals surface area contributed by atoms with E-state index in [1.807, 2.05) is 11.7 Å². The monoisotopic (exact) mass is 357 g/mol. The summed E-state index contributed by atoms with van der Waals surface area (Å²) < 4.78 is 3.08. The molecule has 1 atom stereocenters. The second-order valence-corrected chi connectivity index (χ2v) is 5.85. The number of halogens is 1. The summed E-state index contributed by atoms with van der Waals surface area (Å²) in [4.78, 5) is 0. The zero-order valence-electron chi connectivity index (χ0n) is 11.2. The zero-order valence-corrected chi connectivity index (χ0v) is 13.3. The van der Waals surface area contributed by atoms with E-state index in [0.717, 1.165) is 16.7 Å². The van der Waals surface area contributed by atoms with Crippen LogP contribution >= 0.6 is 22.6 Å². The van der Waals surface area contributed by atoms with Crippen molar-refractivity contribution in [1.82, 2.24) is 15.1 Å². The lowest BCUT2D eigenvalue weighted by atomic mass is 10.1. The molecule has 0 aliphatic carbocycles. The summed E-state index contributed by atoms with van der Waals surface area (Å²) >= 11 is 2.44. The number of nitrogens with one attached hydrogen (secondary N) is 1. The Morgan fingerprint density at radius 2 is 2.06 bits per heavy atom. The van der Waals surface area contributed by atoms with E-state index in [1.54, 1.807) is 0 Å². The van der Waals surface area contributed by atoms with E-state index in [9.17, 15) is 0 Å². The third-order valence-electron chi connectivity index (χ3n) is 3.34. The fourth-order valence-corrected chi connectivity index (χ4v) is 3.44. The maximum Gasteiger partial charge on any atom is 0.0841 e. The maximum atomic E-state index is 4.61. The van der Waals surface area contributed by atoms with Crippen LogP contribution < -0.4 is 5.32 Å². The van der Waals surface area contributed by atoms with E-state index < -0.39 is 0 Å². The minimum atomic E-state index is 0.548. The topological polar surface area (TPSA) is 29.9 Å². The number of para-hydroxylation sites is 1. The Balaban J connectivity index is 2.17. The average Bonchev–Trinajstić information content (AvgIpc) is 2.68. The van der Waals surface area contributed by atoms with E-state index >= 15 is 0 Å². The molecule has 0 saturated heterocycles. The van der Waals surface area contributed by atoms with Gasteiger partial charge in [0.05, 0.1) is 11.2 Å². The van der Waals surface area contributed by atoms with Gasteiger partial charge in [-0.15, -0.1) is 0 Å². The fraction of sp³-hybridized carbons (Fsp3) is 0.500. The van der Waals surface area contributed by atoms with Crippen molar-refractivity contribution in [3.63, 3.8) is 0 Å². The SMILES string of the molecule is CC(C)C(CI)NCc1nn(C)c2ccccc12. The molecule has 0 fully saturated rings. The number of aryl methyl sites for hydroxylation is 1. The molecule has 1 aromatic heterocycles. The van der Waals surface area contributed by atoms with Gasteiger partial charge in [0.2, 0.25) is 0 Å². The number of aromatic nitrogens is 2. The van der Waals surface area contributed by atoms with E-state index in [2.05, 4.69) is 71.1 Å². The maximum absolute atomic E-state index is 4.61. The molecule has 2 aromatic rings. The first-order chi connectivity index (χ1) is 8.63. The molecule has 1 unspecified atom stereocenters. The molecular formula is C14H20IN3. The van der Waals surface area contributed by atoms with Crippen LogP contribution in [0.3, 0.4) is 0 Å². The highest BCUT2D eigenvalue weighted by Gasteiger charge is 2.13. The second kappa shape index (κ2) is 6.02. The van der Waals surface area contributed by atoms with Gasteiger partial charge in [0.15, 0.2) is 0 Å². The van der Waals surface area contributed by atoms with Gasteiger partial charge in [0.1, 0.15) is 0 Å². The van der Waals surface area contributed by atoms with Crippen molar-refractivity contribution in [1.29, 1.82) is 0 Å². The van der Waals surface area contributed by atoms with Crippen molar-refractivity contribution in [2.75, 3.05) is 4.43 Å². The van der Waals surface area contributed by atoms with Gasteiger partial charge >= 0.3 is 0 Å². The van der Waals surface area contributed by atoms with E-state index in [4.69, 9.17) is 0 Å². The lowest BCUT2D eigenvalue weighted by Crippen LogP contribution is -2.34. The van der Waals surface area contributed by atoms with E-state index in [-0.39, 0.29) is 0 Å². The first-order valence-corrected chi connectivity index (χ1v) is 7.86. The predicted octanol–water partition coefficient (Wildman–Crippen LogP) is 3.12. The molecule has 0 aliphatic heterocycles. The van der Waals surface area contributed by atoms with Crippen molar-refractivity contribution in [3.8, 4) is 0 Å². The molecule has 0 aliphatic rings. The van der Waals surface area contributed by atoms with Crippen LogP contribution in [0.4, 0.5) is 0 Å². The van der Waals surface area contributed by atoms with E-state index in [0.29, 0.717) is 12.0 Å². The van der Waals surface area contributed by atoms with Crippen LogP contribution in [0.25, 0.3) is 10.9 Å². The Morgan fingerprint density at radius 3 is 2.72 bits per heavy atom. The Hall–Kier alpha value is -0.620. The van der Waals surface area contributed by atoms with Crippen LogP contribution in [-0.2, 0) is 13.6 Å². The van der Waals surface area contributed by atoms with Gasteiger partial charge in [-0.25, -0.2) is 0 Å². The van der Waals surface area contributed by atoms with Gasteiger partial charge in [-0.1, -0.05) is 54.6 Å². The fourth-order valence-electron chi connectivity index (χ4n) is 2.12. The van der Waals surface area contributed by atoms with Crippen molar-refractivity contribution >= 4 is 33.5 Å². The minimum absolute atomic E-state index is 0.548. The normalized spacial score (nSPS) is 13.4. The third kappa shape index (κ3) is 2.85. The molecule has 0 radical (unpaired) electrons. The lowest BCUT2D eigenvalue weighted by molar-refractivity contribution is 0.433. The van der Waals surface area contributed by atoms with Gasteiger partial charge < -0.3 is 5.32 Å². The molecule has 2 rings (SSSR count). The Bertz CT molecular complexity index is 519. The molecule has 1 heterocycles. The van der Waals surface area contributed by atoms with Crippen LogP contribution in [0.2, 0.25) is 0 Å². The summed E-state index contributed by atoms with van der Waals surface area (Å²) in [7, 11) is 2.00. The van der Waals surface area contributed by atoms with Gasteiger partial charge in [-0.2, -0.15) is 5.10 Å². The number of nitrogens with zero attached hydrogens (tertiary/aromatic N) is 2. The highest BCUT2D eigenvalue weighted by atomic mass is 127. The first kappa shape index (κ1) is 13.8. The number of alkyl halides is 1. The molecular weight excluding hydrogens is 337 g/mol. The van der Waals surface area contributed by atoms with Crippen LogP contribution in [0, 0.1) is 5.92 Å². The highest BCUT2D eigenvalue weighted by Crippen LogP contribution is 2.17. The second-order valence-electron chi connectivity index (χ2n) is 4.97. The Morgan fingerprint density at radius 1 is 1.33 bits per heavy atom. The quantitative estimate of drug-likeness (QED) is 0.658. The number of benzene rings is 1. The van der Waals surface area contributed by atoms with Crippen molar-refractivity contribution < 1.29 is 0 Å². The number of hydrogen-bond donors (Lipinski definition) is 1. The first-order valence-electron chi connectivity index (χ1n) is 6.33. The van der Waals surface area contributed by atoms with Crippen LogP contribution in [0.5, 0.6) is 0 Å². The summed E-state index contributed by atoms with van der Waals surface area (Å²) in [6.07, 6.45) is 0. The van der Waals surface area contributed by atoms with Gasteiger partial charge in [0, 0.05) is 29.4 Å². The smallest absolute Gasteiger partial charge is 0.0841 e. The summed E-state index contributed by atoms with van der Waals surface area (Å²) in [5.41, 5.74) is 2.34. The van der Waals surface area contributed by atoms with Crippen LogP contribution in [0.1, 0.15) is 19.5 Å². The predicted molar refractivity (Wildman–Crippen MR) is 85.1 cm³/mol. The molecule has 1 N–H and O–H groups in total.